The van der Waals surface area contributed by atoms with Crippen LogP contribution in [0.3, 0.4) is 0 Å². The summed E-state index contributed by atoms with van der Waals surface area (Å²) in [5.74, 6) is 0.742. The number of fused-ring (bicyclic) bond motifs is 1. The number of ether oxygens (including phenoxy) is 1. The Bertz CT molecular complexity index is 784. The van der Waals surface area contributed by atoms with Crippen LogP contribution in [0.5, 0.6) is 5.75 Å². The maximum absolute atomic E-state index is 12.9. The van der Waals surface area contributed by atoms with Gasteiger partial charge in [-0.25, -0.2) is 0 Å². The number of carbonyl (C=O) groups is 1. The number of rotatable bonds is 7. The first kappa shape index (κ1) is 19.5. The summed E-state index contributed by atoms with van der Waals surface area (Å²) < 4.78 is 6.02. The molecule has 0 saturated heterocycles. The molecule has 0 aromatic heterocycles. The SMILES string of the molecule is CC[C@H](Oc1ccccc1C)C(=O)N[C@H](CC)c1ccc2c(c1)CCCC2. The van der Waals surface area contributed by atoms with Crippen molar-refractivity contribution in [1.82, 2.24) is 5.32 Å². The van der Waals surface area contributed by atoms with Gasteiger partial charge >= 0.3 is 0 Å². The fourth-order valence-corrected chi connectivity index (χ4v) is 3.82. The van der Waals surface area contributed by atoms with E-state index < -0.39 is 6.10 Å². The lowest BCUT2D eigenvalue weighted by Gasteiger charge is -2.24. The lowest BCUT2D eigenvalue weighted by atomic mass is 9.88. The zero-order valence-corrected chi connectivity index (χ0v) is 16.8. The zero-order valence-electron chi connectivity index (χ0n) is 16.8. The number of benzene rings is 2. The Morgan fingerprint density at radius 1 is 1.04 bits per heavy atom. The number of amides is 1. The third-order valence-electron chi connectivity index (χ3n) is 5.53. The molecule has 0 spiro atoms. The molecule has 0 bridgehead atoms. The summed E-state index contributed by atoms with van der Waals surface area (Å²) in [5, 5.41) is 3.22. The molecule has 3 rings (SSSR count). The van der Waals surface area contributed by atoms with Gasteiger partial charge in [-0.2, -0.15) is 0 Å². The average Bonchev–Trinajstić information content (AvgIpc) is 2.70. The van der Waals surface area contributed by atoms with E-state index in [9.17, 15) is 4.79 Å². The molecule has 0 unspecified atom stereocenters. The van der Waals surface area contributed by atoms with Crippen molar-refractivity contribution in [3.63, 3.8) is 0 Å². The molecule has 27 heavy (non-hydrogen) atoms. The van der Waals surface area contributed by atoms with Crippen molar-refractivity contribution in [1.29, 1.82) is 0 Å². The molecular formula is C24H31NO2. The van der Waals surface area contributed by atoms with Crippen LogP contribution in [-0.4, -0.2) is 12.0 Å². The van der Waals surface area contributed by atoms with Crippen LogP contribution >= 0.6 is 0 Å². The maximum atomic E-state index is 12.9. The first-order valence-corrected chi connectivity index (χ1v) is 10.3. The normalized spacial score (nSPS) is 15.5. The van der Waals surface area contributed by atoms with Crippen LogP contribution in [0.15, 0.2) is 42.5 Å². The molecule has 0 aliphatic heterocycles. The Morgan fingerprint density at radius 2 is 1.78 bits per heavy atom. The first-order chi connectivity index (χ1) is 13.1. The molecule has 1 N–H and O–H groups in total. The van der Waals surface area contributed by atoms with Crippen molar-refractivity contribution >= 4 is 5.91 Å². The molecule has 0 fully saturated rings. The predicted molar refractivity (Wildman–Crippen MR) is 110 cm³/mol. The number of para-hydroxylation sites is 1. The van der Waals surface area contributed by atoms with Crippen molar-refractivity contribution in [3.8, 4) is 5.75 Å². The molecule has 2 aromatic carbocycles. The third kappa shape index (κ3) is 4.71. The summed E-state index contributed by atoms with van der Waals surface area (Å²) in [7, 11) is 0. The van der Waals surface area contributed by atoms with Gasteiger partial charge in [0.25, 0.3) is 5.91 Å². The summed E-state index contributed by atoms with van der Waals surface area (Å²) in [4.78, 5) is 12.9. The van der Waals surface area contributed by atoms with Gasteiger partial charge in [0.1, 0.15) is 5.75 Å². The monoisotopic (exact) mass is 365 g/mol. The van der Waals surface area contributed by atoms with Gasteiger partial charge in [-0.3, -0.25) is 4.79 Å². The second-order valence-corrected chi connectivity index (χ2v) is 7.48. The highest BCUT2D eigenvalue weighted by Crippen LogP contribution is 2.26. The quantitative estimate of drug-likeness (QED) is 0.723. The van der Waals surface area contributed by atoms with Crippen LogP contribution in [0.4, 0.5) is 0 Å². The molecule has 2 aromatic rings. The molecule has 3 nitrogen and oxygen atoms in total. The number of hydrogen-bond donors (Lipinski definition) is 1. The number of aryl methyl sites for hydroxylation is 3. The molecule has 144 valence electrons. The van der Waals surface area contributed by atoms with Gasteiger partial charge in [0.2, 0.25) is 0 Å². The van der Waals surface area contributed by atoms with E-state index in [1.165, 1.54) is 36.0 Å². The molecular weight excluding hydrogens is 334 g/mol. The minimum absolute atomic E-state index is 0.0271. The second-order valence-electron chi connectivity index (χ2n) is 7.48. The highest BCUT2D eigenvalue weighted by Gasteiger charge is 2.23. The Morgan fingerprint density at radius 3 is 2.48 bits per heavy atom. The van der Waals surface area contributed by atoms with E-state index in [0.717, 1.165) is 24.2 Å². The number of nitrogens with one attached hydrogen (secondary N) is 1. The van der Waals surface area contributed by atoms with Crippen molar-refractivity contribution in [2.45, 2.75) is 71.4 Å². The second kappa shape index (κ2) is 9.07. The zero-order chi connectivity index (χ0) is 19.2. The van der Waals surface area contributed by atoms with Crippen LogP contribution in [0, 0.1) is 6.92 Å². The maximum Gasteiger partial charge on any atom is 0.261 e. The molecule has 1 aliphatic rings. The van der Waals surface area contributed by atoms with Gasteiger partial charge in [-0.1, -0.05) is 50.2 Å². The van der Waals surface area contributed by atoms with E-state index in [1.54, 1.807) is 0 Å². The van der Waals surface area contributed by atoms with Crippen LogP contribution in [0.2, 0.25) is 0 Å². The van der Waals surface area contributed by atoms with Crippen LogP contribution in [0.25, 0.3) is 0 Å². The molecule has 1 amide bonds. The minimum atomic E-state index is -0.474. The van der Waals surface area contributed by atoms with E-state index in [1.807, 2.05) is 38.1 Å². The molecule has 3 heteroatoms. The van der Waals surface area contributed by atoms with Crippen molar-refractivity contribution in [2.24, 2.45) is 0 Å². The van der Waals surface area contributed by atoms with Crippen LogP contribution in [-0.2, 0) is 17.6 Å². The summed E-state index contributed by atoms with van der Waals surface area (Å²) >= 11 is 0. The number of carbonyl (C=O) groups excluding carboxylic acids is 1. The van der Waals surface area contributed by atoms with Crippen molar-refractivity contribution in [3.05, 3.63) is 64.7 Å². The number of hydrogen-bond acceptors (Lipinski definition) is 2. The van der Waals surface area contributed by atoms with Gasteiger partial charge in [0, 0.05) is 0 Å². The van der Waals surface area contributed by atoms with Gasteiger partial charge in [-0.15, -0.1) is 0 Å². The largest absolute Gasteiger partial charge is 0.480 e. The highest BCUT2D eigenvalue weighted by molar-refractivity contribution is 5.81. The van der Waals surface area contributed by atoms with Gasteiger partial charge < -0.3 is 10.1 Å². The van der Waals surface area contributed by atoms with E-state index in [2.05, 4.69) is 30.4 Å². The molecule has 1 aliphatic carbocycles. The Balaban J connectivity index is 1.71. The summed E-state index contributed by atoms with van der Waals surface area (Å²) in [6.07, 6.45) is 5.92. The summed E-state index contributed by atoms with van der Waals surface area (Å²) in [6, 6.07) is 14.6. The molecule has 2 atom stereocenters. The predicted octanol–water partition coefficient (Wildman–Crippen LogP) is 5.30. The van der Waals surface area contributed by atoms with Gasteiger partial charge in [0.15, 0.2) is 6.10 Å². The minimum Gasteiger partial charge on any atom is -0.480 e. The van der Waals surface area contributed by atoms with Crippen LogP contribution < -0.4 is 10.1 Å². The van der Waals surface area contributed by atoms with E-state index in [-0.39, 0.29) is 11.9 Å². The Kier molecular flexibility index (Phi) is 6.54. The topological polar surface area (TPSA) is 38.3 Å². The molecule has 0 radical (unpaired) electrons. The van der Waals surface area contributed by atoms with E-state index >= 15 is 0 Å². The summed E-state index contributed by atoms with van der Waals surface area (Å²) in [5.41, 5.74) is 5.18. The fourth-order valence-electron chi connectivity index (χ4n) is 3.82. The summed E-state index contributed by atoms with van der Waals surface area (Å²) in [6.45, 7) is 6.11. The lowest BCUT2D eigenvalue weighted by Crippen LogP contribution is -2.40. The van der Waals surface area contributed by atoms with Crippen molar-refractivity contribution < 1.29 is 9.53 Å². The molecule has 0 saturated carbocycles. The van der Waals surface area contributed by atoms with Crippen molar-refractivity contribution in [2.75, 3.05) is 0 Å². The van der Waals surface area contributed by atoms with E-state index in [0.29, 0.717) is 6.42 Å². The van der Waals surface area contributed by atoms with E-state index in [4.69, 9.17) is 4.74 Å². The van der Waals surface area contributed by atoms with Gasteiger partial charge in [-0.05, 0) is 73.8 Å². The Hall–Kier alpha value is -2.29. The lowest BCUT2D eigenvalue weighted by molar-refractivity contribution is -0.129. The highest BCUT2D eigenvalue weighted by atomic mass is 16.5. The van der Waals surface area contributed by atoms with Gasteiger partial charge in [0.05, 0.1) is 6.04 Å². The molecule has 0 heterocycles. The average molecular weight is 366 g/mol. The standard InChI is InChI=1S/C24H31NO2/c1-4-21(20-15-14-18-11-7-8-12-19(18)16-20)25-24(26)22(5-2)27-23-13-9-6-10-17(23)3/h6,9-10,13-16,21-22H,4-5,7-8,11-12H2,1-3H3,(H,25,26)/t21-,22+/m1/s1. The van der Waals surface area contributed by atoms with Crippen LogP contribution in [0.1, 0.15) is 67.8 Å². The third-order valence-corrected chi connectivity index (χ3v) is 5.53. The first-order valence-electron chi connectivity index (χ1n) is 10.3. The fraction of sp³-hybridized carbons (Fsp3) is 0.458. The smallest absolute Gasteiger partial charge is 0.261 e. The Labute approximate surface area is 163 Å².